The summed E-state index contributed by atoms with van der Waals surface area (Å²) in [5, 5.41) is 1.95. The number of amides is 1. The Morgan fingerprint density at radius 1 is 1.48 bits per heavy atom. The number of thiophene rings is 1. The molecule has 3 heterocycles. The van der Waals surface area contributed by atoms with Gasteiger partial charge in [0.05, 0.1) is 28.5 Å². The third kappa shape index (κ3) is 4.12. The highest BCUT2D eigenvalue weighted by Crippen LogP contribution is 2.27. The van der Waals surface area contributed by atoms with Crippen molar-refractivity contribution in [1.29, 1.82) is 0 Å². The summed E-state index contributed by atoms with van der Waals surface area (Å²) >= 11 is 1.53. The van der Waals surface area contributed by atoms with Crippen molar-refractivity contribution in [1.82, 2.24) is 9.88 Å². The smallest absolute Gasteiger partial charge is 0.236 e. The second-order valence-electron chi connectivity index (χ2n) is 6.32. The highest BCUT2D eigenvalue weighted by molar-refractivity contribution is 7.91. The summed E-state index contributed by atoms with van der Waals surface area (Å²) in [6.45, 7) is 4.35. The SMILES string of the molecule is CCCN(C(=O)Cc1nc(-c2cccs2)oc1C)C1CCS(=O)(=O)C1. The van der Waals surface area contributed by atoms with Crippen molar-refractivity contribution >= 4 is 27.1 Å². The van der Waals surface area contributed by atoms with Crippen molar-refractivity contribution < 1.29 is 17.6 Å². The normalized spacial score (nSPS) is 19.2. The highest BCUT2D eigenvalue weighted by atomic mass is 32.2. The van der Waals surface area contributed by atoms with Gasteiger partial charge in [0.1, 0.15) is 5.76 Å². The van der Waals surface area contributed by atoms with Gasteiger partial charge in [0, 0.05) is 12.6 Å². The summed E-state index contributed by atoms with van der Waals surface area (Å²) in [6, 6.07) is 3.63. The summed E-state index contributed by atoms with van der Waals surface area (Å²) in [4.78, 5) is 19.9. The molecule has 1 unspecified atom stereocenters. The Bertz CT molecular complexity index is 840. The van der Waals surface area contributed by atoms with E-state index in [0.717, 1.165) is 11.3 Å². The van der Waals surface area contributed by atoms with Crippen LogP contribution in [0.15, 0.2) is 21.9 Å². The van der Waals surface area contributed by atoms with E-state index in [0.29, 0.717) is 30.3 Å². The molecule has 136 valence electrons. The van der Waals surface area contributed by atoms with Crippen LogP contribution in [0.4, 0.5) is 0 Å². The Balaban J connectivity index is 1.75. The molecule has 0 N–H and O–H groups in total. The van der Waals surface area contributed by atoms with Crippen LogP contribution in [0.2, 0.25) is 0 Å². The van der Waals surface area contributed by atoms with E-state index in [4.69, 9.17) is 4.42 Å². The molecule has 1 amide bonds. The van der Waals surface area contributed by atoms with Gasteiger partial charge in [-0.05, 0) is 31.2 Å². The minimum Gasteiger partial charge on any atom is -0.440 e. The zero-order chi connectivity index (χ0) is 18.0. The molecular weight excluding hydrogens is 360 g/mol. The Labute approximate surface area is 151 Å². The van der Waals surface area contributed by atoms with Crippen LogP contribution in [0, 0.1) is 6.92 Å². The van der Waals surface area contributed by atoms with Crippen molar-refractivity contribution in [2.75, 3.05) is 18.1 Å². The monoisotopic (exact) mass is 382 g/mol. The van der Waals surface area contributed by atoms with Gasteiger partial charge in [-0.15, -0.1) is 11.3 Å². The van der Waals surface area contributed by atoms with E-state index < -0.39 is 9.84 Å². The van der Waals surface area contributed by atoms with Crippen molar-refractivity contribution in [3.05, 3.63) is 29.0 Å². The molecule has 2 aromatic heterocycles. The highest BCUT2D eigenvalue weighted by Gasteiger charge is 2.34. The summed E-state index contributed by atoms with van der Waals surface area (Å²) in [5.74, 6) is 1.30. The lowest BCUT2D eigenvalue weighted by Gasteiger charge is -2.27. The molecule has 1 atom stereocenters. The molecule has 0 saturated carbocycles. The van der Waals surface area contributed by atoms with Gasteiger partial charge < -0.3 is 9.32 Å². The number of sulfone groups is 1. The molecular formula is C17H22N2O4S2. The molecule has 0 spiro atoms. The lowest BCUT2D eigenvalue weighted by molar-refractivity contribution is -0.132. The minimum atomic E-state index is -3.03. The quantitative estimate of drug-likeness (QED) is 0.767. The molecule has 25 heavy (non-hydrogen) atoms. The first-order valence-electron chi connectivity index (χ1n) is 8.39. The predicted molar refractivity (Wildman–Crippen MR) is 97.3 cm³/mol. The van der Waals surface area contributed by atoms with Crippen LogP contribution in [0.3, 0.4) is 0 Å². The molecule has 6 nitrogen and oxygen atoms in total. The van der Waals surface area contributed by atoms with E-state index in [1.54, 1.807) is 11.8 Å². The van der Waals surface area contributed by atoms with Crippen LogP contribution in [0.5, 0.6) is 0 Å². The van der Waals surface area contributed by atoms with Crippen LogP contribution >= 0.6 is 11.3 Å². The fourth-order valence-electron chi connectivity index (χ4n) is 3.12. The molecule has 8 heteroatoms. The lowest BCUT2D eigenvalue weighted by atomic mass is 10.1. The average molecular weight is 383 g/mol. The van der Waals surface area contributed by atoms with Gasteiger partial charge in [-0.25, -0.2) is 13.4 Å². The third-order valence-electron chi connectivity index (χ3n) is 4.38. The molecule has 0 bridgehead atoms. The Kier molecular flexibility index (Phi) is 5.29. The number of carbonyl (C=O) groups is 1. The average Bonchev–Trinajstić information content (AvgIpc) is 3.26. The number of nitrogens with zero attached hydrogens (tertiary/aromatic N) is 2. The number of hydrogen-bond donors (Lipinski definition) is 0. The van der Waals surface area contributed by atoms with Crippen molar-refractivity contribution in [3.63, 3.8) is 0 Å². The van der Waals surface area contributed by atoms with E-state index in [1.807, 2.05) is 24.4 Å². The zero-order valence-corrected chi connectivity index (χ0v) is 16.0. The largest absolute Gasteiger partial charge is 0.440 e. The van der Waals surface area contributed by atoms with Crippen molar-refractivity contribution in [2.45, 2.75) is 39.2 Å². The molecule has 0 radical (unpaired) electrons. The van der Waals surface area contributed by atoms with E-state index in [2.05, 4.69) is 4.98 Å². The fourth-order valence-corrected chi connectivity index (χ4v) is 5.50. The summed E-state index contributed by atoms with van der Waals surface area (Å²) in [6.07, 6.45) is 1.45. The molecule has 0 aromatic carbocycles. The standard InChI is InChI=1S/C17H22N2O4S2/c1-3-7-19(13-6-9-25(21,22)11-13)16(20)10-14-12(2)23-17(18-14)15-5-4-8-24-15/h4-5,8,13H,3,6-7,9-11H2,1-2H3. The Hall–Kier alpha value is -1.67. The third-order valence-corrected chi connectivity index (χ3v) is 6.99. The van der Waals surface area contributed by atoms with Gasteiger partial charge in [0.15, 0.2) is 9.84 Å². The first kappa shape index (κ1) is 18.1. The Morgan fingerprint density at radius 2 is 2.28 bits per heavy atom. The van der Waals surface area contributed by atoms with Gasteiger partial charge in [-0.3, -0.25) is 4.79 Å². The summed E-state index contributed by atoms with van der Waals surface area (Å²) < 4.78 is 29.2. The maximum atomic E-state index is 12.8. The second-order valence-corrected chi connectivity index (χ2v) is 9.50. The van der Waals surface area contributed by atoms with Crippen LogP contribution in [0.25, 0.3) is 10.8 Å². The molecule has 3 rings (SSSR count). The van der Waals surface area contributed by atoms with Gasteiger partial charge in [-0.1, -0.05) is 13.0 Å². The van der Waals surface area contributed by atoms with Gasteiger partial charge in [-0.2, -0.15) is 0 Å². The fraction of sp³-hybridized carbons (Fsp3) is 0.529. The molecule has 1 fully saturated rings. The summed E-state index contributed by atoms with van der Waals surface area (Å²) in [7, 11) is -3.03. The maximum absolute atomic E-state index is 12.8. The first-order chi connectivity index (χ1) is 11.9. The van der Waals surface area contributed by atoms with E-state index in [-0.39, 0.29) is 29.9 Å². The van der Waals surface area contributed by atoms with Crippen molar-refractivity contribution in [2.24, 2.45) is 0 Å². The summed E-state index contributed by atoms with van der Waals surface area (Å²) in [5.41, 5.74) is 0.621. The van der Waals surface area contributed by atoms with Gasteiger partial charge in [0.25, 0.3) is 0 Å². The van der Waals surface area contributed by atoms with Crippen LogP contribution < -0.4 is 0 Å². The van der Waals surface area contributed by atoms with E-state index in [1.165, 1.54) is 11.3 Å². The van der Waals surface area contributed by atoms with Gasteiger partial charge >= 0.3 is 0 Å². The molecule has 1 saturated heterocycles. The molecule has 1 aliphatic heterocycles. The van der Waals surface area contributed by atoms with Crippen LogP contribution in [-0.4, -0.2) is 48.3 Å². The zero-order valence-electron chi connectivity index (χ0n) is 14.4. The number of carbonyl (C=O) groups excluding carboxylic acids is 1. The van der Waals surface area contributed by atoms with E-state index in [9.17, 15) is 13.2 Å². The number of aromatic nitrogens is 1. The second kappa shape index (κ2) is 7.29. The maximum Gasteiger partial charge on any atom is 0.236 e. The number of rotatable bonds is 6. The number of hydrogen-bond acceptors (Lipinski definition) is 6. The predicted octanol–water partition coefficient (Wildman–Crippen LogP) is 2.68. The number of aryl methyl sites for hydroxylation is 1. The Morgan fingerprint density at radius 3 is 2.88 bits per heavy atom. The molecule has 2 aromatic rings. The minimum absolute atomic E-state index is 0.0665. The molecule has 0 aliphatic carbocycles. The van der Waals surface area contributed by atoms with Crippen molar-refractivity contribution in [3.8, 4) is 10.8 Å². The van der Waals surface area contributed by atoms with E-state index >= 15 is 0 Å². The van der Waals surface area contributed by atoms with Crippen LogP contribution in [-0.2, 0) is 21.1 Å². The van der Waals surface area contributed by atoms with Crippen LogP contribution in [0.1, 0.15) is 31.2 Å². The molecule has 1 aliphatic rings. The lowest BCUT2D eigenvalue weighted by Crippen LogP contribution is -2.42. The topological polar surface area (TPSA) is 80.5 Å². The van der Waals surface area contributed by atoms with Gasteiger partial charge in [0.2, 0.25) is 11.8 Å². The number of oxazole rings is 1. The first-order valence-corrected chi connectivity index (χ1v) is 11.1.